The van der Waals surface area contributed by atoms with Crippen LogP contribution in [0.3, 0.4) is 0 Å². The molecule has 10 aromatic rings. The van der Waals surface area contributed by atoms with Crippen LogP contribution in [0.2, 0.25) is 0 Å². The van der Waals surface area contributed by atoms with E-state index >= 15 is 4.39 Å². The molecule has 312 valence electrons. The molecule has 0 fully saturated rings. The number of nitrogens with zero attached hydrogens (tertiary/aromatic N) is 3. The normalized spacial score (nSPS) is 16.4. The number of aryl methyl sites for hydroxylation is 4. The van der Waals surface area contributed by atoms with Gasteiger partial charge in [0.1, 0.15) is 17.0 Å². The van der Waals surface area contributed by atoms with Gasteiger partial charge < -0.3 is 4.42 Å². The third-order valence-electron chi connectivity index (χ3n) is 10.8. The lowest BCUT2D eigenvalue weighted by Gasteiger charge is -2.26. The number of furan rings is 1. The van der Waals surface area contributed by atoms with Gasteiger partial charge in [-0.1, -0.05) is 153 Å². The van der Waals surface area contributed by atoms with Crippen LogP contribution in [0.15, 0.2) is 199 Å². The lowest BCUT2D eigenvalue weighted by atomic mass is 9.79. The summed E-state index contributed by atoms with van der Waals surface area (Å²) >= 11 is 0. The van der Waals surface area contributed by atoms with Gasteiger partial charge in [-0.05, 0) is 113 Å². The first kappa shape index (κ1) is 26.2. The van der Waals surface area contributed by atoms with Crippen LogP contribution in [0, 0.1) is 5.82 Å². The molecule has 0 N–H and O–H groups in total. The van der Waals surface area contributed by atoms with E-state index in [-0.39, 0.29) is 33.2 Å². The maximum absolute atomic E-state index is 16.1. The number of aromatic nitrogens is 3. The van der Waals surface area contributed by atoms with Crippen LogP contribution < -0.4 is 0 Å². The summed E-state index contributed by atoms with van der Waals surface area (Å²) in [4.78, 5) is 13.6. The zero-order valence-electron chi connectivity index (χ0n) is 50.6. The first-order chi connectivity index (χ1) is 37.6. The van der Waals surface area contributed by atoms with E-state index in [4.69, 9.17) is 17.6 Å². The van der Waals surface area contributed by atoms with Crippen LogP contribution in [0.1, 0.15) is 69.2 Å². The molecule has 0 bridgehead atoms. The van der Waals surface area contributed by atoms with Gasteiger partial charge in [-0.3, -0.25) is 15.0 Å². The van der Waals surface area contributed by atoms with E-state index < -0.39 is 102 Å². The van der Waals surface area contributed by atoms with Gasteiger partial charge in [-0.2, -0.15) is 0 Å². The molecule has 0 unspecified atom stereocenters. The third-order valence-corrected chi connectivity index (χ3v) is 10.8. The smallest absolute Gasteiger partial charge is 0.146 e. The van der Waals surface area contributed by atoms with Crippen molar-refractivity contribution in [2.24, 2.45) is 0 Å². The second-order valence-corrected chi connectivity index (χ2v) is 15.6. The van der Waals surface area contributed by atoms with Crippen molar-refractivity contribution in [1.82, 2.24) is 15.0 Å². The first-order valence-corrected chi connectivity index (χ1v) is 20.5. The fraction of sp³-hybridized carbons (Fsp3) is 0.136. The average molecular weight is 850 g/mol. The number of rotatable bonds is 13. The minimum Gasteiger partial charge on any atom is -0.455 e. The van der Waals surface area contributed by atoms with Gasteiger partial charge in [0.2, 0.25) is 0 Å². The maximum atomic E-state index is 16.1. The molecular weight excluding hydrogens is 786 g/mol. The van der Waals surface area contributed by atoms with Crippen molar-refractivity contribution in [3.05, 3.63) is 234 Å². The van der Waals surface area contributed by atoms with Gasteiger partial charge in [0, 0.05) is 59.8 Å². The number of para-hydroxylation sites is 1. The number of hydrogen-bond acceptors (Lipinski definition) is 4. The van der Waals surface area contributed by atoms with Gasteiger partial charge in [-0.25, -0.2) is 4.39 Å². The zero-order valence-corrected chi connectivity index (χ0v) is 34.6. The highest BCUT2D eigenvalue weighted by Gasteiger charge is 2.24. The van der Waals surface area contributed by atoms with E-state index in [0.717, 1.165) is 29.3 Å². The Kier molecular flexibility index (Phi) is 7.25. The van der Waals surface area contributed by atoms with Crippen molar-refractivity contribution in [2.75, 3.05) is 0 Å². The van der Waals surface area contributed by atoms with E-state index in [1.165, 1.54) is 36.8 Å². The molecule has 4 nitrogen and oxygen atoms in total. The molecule has 0 saturated heterocycles. The Morgan fingerprint density at radius 1 is 0.516 bits per heavy atom. The molecule has 0 amide bonds. The second-order valence-electron chi connectivity index (χ2n) is 15.6. The van der Waals surface area contributed by atoms with Crippen LogP contribution in [0.5, 0.6) is 0 Å². The molecule has 0 spiro atoms. The Bertz CT molecular complexity index is 3870. The van der Waals surface area contributed by atoms with Crippen molar-refractivity contribution in [3.8, 4) is 44.9 Å². The molecule has 64 heavy (non-hydrogen) atoms. The Balaban J connectivity index is 1.06. The minimum absolute atomic E-state index is 0.160. The molecule has 0 aliphatic heterocycles. The van der Waals surface area contributed by atoms with E-state index in [1.807, 2.05) is 60.7 Å². The number of halogens is 1. The summed E-state index contributed by atoms with van der Waals surface area (Å²) in [7, 11) is 0. The summed E-state index contributed by atoms with van der Waals surface area (Å²) in [5.41, 5.74) is -0.687. The highest BCUT2D eigenvalue weighted by Crippen LogP contribution is 2.41. The van der Waals surface area contributed by atoms with E-state index in [2.05, 4.69) is 9.97 Å². The number of pyridine rings is 3. The molecule has 5 heteroatoms. The molecule has 6 aromatic carbocycles. The van der Waals surface area contributed by atoms with E-state index in [1.54, 1.807) is 56.3 Å². The third kappa shape index (κ3) is 8.62. The van der Waals surface area contributed by atoms with Gasteiger partial charge in [-0.15, -0.1) is 0 Å². The topological polar surface area (TPSA) is 51.8 Å². The first-order valence-electron chi connectivity index (χ1n) is 28.5. The quantitative estimate of drug-likeness (QED) is 0.116. The predicted octanol–water partition coefficient (Wildman–Crippen LogP) is 14.7. The predicted molar refractivity (Wildman–Crippen MR) is 260 cm³/mol. The standard InChI is InChI=1S/C59H48FN3O/c1-59(2,48-27-32-55(63-39-48)51-20-12-19-49-50-28-29-52(60)56(58(50)64-57(49)51)47-17-10-5-11-18-47)36-44-34-42(23-21-40-25-30-53(61-37-40)45-13-6-3-7-14-45)33-43(35-44)24-22-41-26-31-54(62-38-41)46-15-8-4-9-16-46/h3-20,25-35,37-39H,21-24,36H2,1-2H3/i5D,10D,11D,17D,18D,21D2,22D2,23D2,24D2,29D,36D2. The highest BCUT2D eigenvalue weighted by molar-refractivity contribution is 6.12. The van der Waals surface area contributed by atoms with Crippen LogP contribution in [0.25, 0.3) is 66.8 Å². The summed E-state index contributed by atoms with van der Waals surface area (Å²) in [6, 6.07) is 32.8. The molecule has 4 heterocycles. The molecule has 0 atom stereocenters. The molecule has 0 radical (unpaired) electrons. The molecule has 0 aliphatic carbocycles. The van der Waals surface area contributed by atoms with Gasteiger partial charge in [0.05, 0.1) is 30.9 Å². The Morgan fingerprint density at radius 3 is 1.66 bits per heavy atom. The van der Waals surface area contributed by atoms with Crippen molar-refractivity contribution >= 4 is 21.9 Å². The molecule has 0 aliphatic rings. The Labute approximate surface area is 396 Å². The lowest BCUT2D eigenvalue weighted by molar-refractivity contribution is 0.520. The fourth-order valence-corrected chi connectivity index (χ4v) is 7.56. The monoisotopic (exact) mass is 849 g/mol. The van der Waals surface area contributed by atoms with Crippen molar-refractivity contribution in [2.45, 2.75) is 51.1 Å². The van der Waals surface area contributed by atoms with E-state index in [0.29, 0.717) is 33.6 Å². The number of benzene rings is 6. The van der Waals surface area contributed by atoms with Gasteiger partial charge in [0.25, 0.3) is 0 Å². The molecule has 10 rings (SSSR count). The van der Waals surface area contributed by atoms with Crippen LogP contribution in [0.4, 0.5) is 4.39 Å². The molecular formula is C59H48FN3O. The Hall–Kier alpha value is -7.50. The van der Waals surface area contributed by atoms with Crippen LogP contribution in [-0.4, -0.2) is 15.0 Å². The zero-order chi connectivity index (χ0) is 57.6. The van der Waals surface area contributed by atoms with Crippen LogP contribution in [-0.2, 0) is 37.3 Å². The lowest BCUT2D eigenvalue weighted by Crippen LogP contribution is -2.21. The van der Waals surface area contributed by atoms with E-state index in [9.17, 15) is 13.7 Å². The maximum Gasteiger partial charge on any atom is 0.146 e. The second kappa shape index (κ2) is 17.7. The highest BCUT2D eigenvalue weighted by atomic mass is 19.1. The molecule has 0 saturated carbocycles. The summed E-state index contributed by atoms with van der Waals surface area (Å²) in [5.74, 6) is -1.16. The summed E-state index contributed by atoms with van der Waals surface area (Å²) in [5, 5.41) is 0.625. The van der Waals surface area contributed by atoms with Gasteiger partial charge in [0.15, 0.2) is 0 Å². The average Bonchev–Trinajstić information content (AvgIpc) is 3.83. The van der Waals surface area contributed by atoms with Crippen molar-refractivity contribution in [3.63, 3.8) is 0 Å². The minimum atomic E-state index is -3.03. The fourth-order valence-electron chi connectivity index (χ4n) is 7.56. The SMILES string of the molecule is [2H]c1cc2c(oc3c(-c4ccc(C(C)(C)C([2H])([2H])c5cc(C([2H])([2H])C([2H])([2H])c6ccc(-c7ccccc7)nc6)cc(C([2H])([2H])C([2H])([2H])c6ccc(-c7ccccc7)nc6)c5)cn4)cccc32)c(-c2c([2H])c([2H])c([2H])c([2H])c2[2H])c1F. The van der Waals surface area contributed by atoms with Crippen LogP contribution >= 0.6 is 0 Å². The van der Waals surface area contributed by atoms with Crippen molar-refractivity contribution < 1.29 is 30.7 Å². The van der Waals surface area contributed by atoms with Crippen molar-refractivity contribution in [1.29, 1.82) is 0 Å². The largest absolute Gasteiger partial charge is 0.455 e. The number of fused-ring (bicyclic) bond motifs is 3. The summed E-state index contributed by atoms with van der Waals surface area (Å²) in [6.07, 6.45) is -10.5. The Morgan fingerprint density at radius 2 is 1.08 bits per heavy atom. The summed E-state index contributed by atoms with van der Waals surface area (Å²) in [6.45, 7) is 3.12. The summed E-state index contributed by atoms with van der Waals surface area (Å²) < 4.78 is 168. The van der Waals surface area contributed by atoms with Gasteiger partial charge >= 0.3 is 0 Å². The number of hydrogen-bond donors (Lipinski definition) is 0. The molecule has 4 aromatic heterocycles.